The lowest BCUT2D eigenvalue weighted by Crippen LogP contribution is -2.30. The molecule has 0 aliphatic heterocycles. The molecule has 0 amide bonds. The molecule has 0 fully saturated rings. The predicted octanol–water partition coefficient (Wildman–Crippen LogP) is 4.85. The van der Waals surface area contributed by atoms with Gasteiger partial charge in [0.2, 0.25) is 0 Å². The number of rotatable bonds is 4. The van der Waals surface area contributed by atoms with E-state index in [0.29, 0.717) is 0 Å². The average Bonchev–Trinajstić information content (AvgIpc) is 2.58. The Balaban J connectivity index is 2.37. The van der Waals surface area contributed by atoms with Gasteiger partial charge in [-0.25, -0.2) is 0 Å². The molecule has 0 aliphatic carbocycles. The van der Waals surface area contributed by atoms with Crippen molar-refractivity contribution in [2.45, 2.75) is 0 Å². The van der Waals surface area contributed by atoms with Crippen LogP contribution in [0, 0.1) is 0 Å². The van der Waals surface area contributed by atoms with E-state index in [4.69, 9.17) is 0 Å². The molecule has 22 heavy (non-hydrogen) atoms. The fourth-order valence-corrected chi connectivity index (χ4v) is 8.26. The monoisotopic (exact) mass is 367 g/mol. The second-order valence-electron chi connectivity index (χ2n) is 5.05. The minimum Gasteiger partial charge on any atom is -0.0620 e. The second-order valence-corrected chi connectivity index (χ2v) is 10.1. The Morgan fingerprint density at radius 3 is 1.09 bits per heavy atom. The molecule has 3 aromatic carbocycles. The number of halogens is 1. The van der Waals surface area contributed by atoms with Gasteiger partial charge >= 0.3 is 0 Å². The molecule has 0 spiro atoms. The summed E-state index contributed by atoms with van der Waals surface area (Å²) in [6.07, 6.45) is 0. The highest BCUT2D eigenvalue weighted by Gasteiger charge is 2.47. The molecule has 108 valence electrons. The Hall–Kier alpha value is -1.69. The second kappa shape index (κ2) is 6.60. The third-order valence-corrected chi connectivity index (χ3v) is 9.34. The van der Waals surface area contributed by atoms with Crippen LogP contribution in [0.5, 0.6) is 0 Å². The van der Waals surface area contributed by atoms with Crippen LogP contribution in [-0.2, 0) is 0 Å². The van der Waals surface area contributed by atoms with E-state index >= 15 is 0 Å². The zero-order valence-electron chi connectivity index (χ0n) is 12.2. The Morgan fingerprint density at radius 2 is 0.864 bits per heavy atom. The van der Waals surface area contributed by atoms with Crippen molar-refractivity contribution in [1.82, 2.24) is 0 Å². The van der Waals surface area contributed by atoms with Gasteiger partial charge in [-0.1, -0.05) is 54.6 Å². The van der Waals surface area contributed by atoms with Crippen LogP contribution >= 0.6 is 23.2 Å². The van der Waals surface area contributed by atoms with Gasteiger partial charge in [-0.2, -0.15) is 0 Å². The van der Waals surface area contributed by atoms with Crippen molar-refractivity contribution in [1.29, 1.82) is 0 Å². The summed E-state index contributed by atoms with van der Waals surface area (Å²) in [7, 11) is -1.90. The standard InChI is InChI=1S/C20H17BrP/c1-17(21)22(18-11-5-2-6-12-18,19-13-7-3-8-14-19)20-15-9-4-10-16-20/h2-16H,1H2/q+1. The zero-order valence-corrected chi connectivity index (χ0v) is 14.7. The van der Waals surface area contributed by atoms with Crippen molar-refractivity contribution in [3.8, 4) is 0 Å². The van der Waals surface area contributed by atoms with Crippen molar-refractivity contribution >= 4 is 39.1 Å². The fraction of sp³-hybridized carbons (Fsp3) is 0. The molecule has 0 saturated heterocycles. The number of hydrogen-bond donors (Lipinski definition) is 0. The molecule has 3 rings (SSSR count). The molecule has 0 heterocycles. The van der Waals surface area contributed by atoms with Crippen LogP contribution in [0.15, 0.2) is 102 Å². The van der Waals surface area contributed by atoms with Gasteiger partial charge in [0.05, 0.1) is 0 Å². The van der Waals surface area contributed by atoms with Gasteiger partial charge in [0.25, 0.3) is 0 Å². The molecule has 0 nitrogen and oxygen atoms in total. The Labute approximate surface area is 141 Å². The van der Waals surface area contributed by atoms with Crippen LogP contribution in [0.1, 0.15) is 0 Å². The molecule has 3 aromatic rings. The maximum Gasteiger partial charge on any atom is 0.150 e. The minimum atomic E-state index is -1.90. The Morgan fingerprint density at radius 1 is 0.591 bits per heavy atom. The molecular formula is C20H17BrP+. The minimum absolute atomic E-state index is 1.05. The van der Waals surface area contributed by atoms with E-state index in [1.54, 1.807) is 0 Å². The third-order valence-electron chi connectivity index (χ3n) is 3.79. The maximum absolute atomic E-state index is 4.32. The first kappa shape index (κ1) is 15.2. The number of benzene rings is 3. The molecule has 0 radical (unpaired) electrons. The first-order chi connectivity index (χ1) is 10.8. The van der Waals surface area contributed by atoms with Crippen LogP contribution in [-0.4, -0.2) is 0 Å². The zero-order chi connectivity index (χ0) is 15.4. The molecule has 0 bridgehead atoms. The van der Waals surface area contributed by atoms with Crippen molar-refractivity contribution in [2.75, 3.05) is 0 Å². The van der Waals surface area contributed by atoms with Gasteiger partial charge in [-0.15, -0.1) is 0 Å². The molecular weight excluding hydrogens is 351 g/mol. The van der Waals surface area contributed by atoms with E-state index in [2.05, 4.69) is 114 Å². The van der Waals surface area contributed by atoms with E-state index in [1.807, 2.05) is 0 Å². The largest absolute Gasteiger partial charge is 0.150 e. The summed E-state index contributed by atoms with van der Waals surface area (Å²) in [5.74, 6) is 0. The van der Waals surface area contributed by atoms with Gasteiger partial charge in [-0.3, -0.25) is 0 Å². The Bertz CT molecular complexity index is 655. The van der Waals surface area contributed by atoms with Gasteiger partial charge in [0.1, 0.15) is 20.1 Å². The van der Waals surface area contributed by atoms with Crippen molar-refractivity contribution in [2.24, 2.45) is 0 Å². The predicted molar refractivity (Wildman–Crippen MR) is 103 cm³/mol. The first-order valence-corrected chi connectivity index (χ1v) is 9.75. The molecule has 0 unspecified atom stereocenters. The smallest absolute Gasteiger partial charge is 0.0620 e. The first-order valence-electron chi connectivity index (χ1n) is 7.17. The van der Waals surface area contributed by atoms with E-state index in [0.717, 1.165) is 4.22 Å². The van der Waals surface area contributed by atoms with Crippen LogP contribution in [0.25, 0.3) is 0 Å². The molecule has 0 saturated carbocycles. The summed E-state index contributed by atoms with van der Waals surface area (Å²) in [6, 6.07) is 32.1. The van der Waals surface area contributed by atoms with E-state index in [1.165, 1.54) is 15.9 Å². The SMILES string of the molecule is C=C(Br)[P+](c1ccccc1)(c1ccccc1)c1ccccc1. The molecule has 2 heteroatoms. The van der Waals surface area contributed by atoms with E-state index < -0.39 is 7.26 Å². The summed E-state index contributed by atoms with van der Waals surface area (Å²) in [5.41, 5.74) is 0. The van der Waals surface area contributed by atoms with E-state index in [-0.39, 0.29) is 0 Å². The summed E-state index contributed by atoms with van der Waals surface area (Å²) >= 11 is 3.76. The lowest BCUT2D eigenvalue weighted by Gasteiger charge is -2.26. The topological polar surface area (TPSA) is 0 Å². The highest BCUT2D eigenvalue weighted by atomic mass is 79.9. The maximum atomic E-state index is 4.32. The molecule has 0 aromatic heterocycles. The third kappa shape index (κ3) is 2.56. The van der Waals surface area contributed by atoms with E-state index in [9.17, 15) is 0 Å². The van der Waals surface area contributed by atoms with Crippen LogP contribution in [0.2, 0.25) is 0 Å². The lowest BCUT2D eigenvalue weighted by molar-refractivity contribution is 1.72. The summed E-state index contributed by atoms with van der Waals surface area (Å²) in [6.45, 7) is 4.32. The van der Waals surface area contributed by atoms with Crippen molar-refractivity contribution in [3.05, 3.63) is 102 Å². The molecule has 0 atom stereocenters. The lowest BCUT2D eigenvalue weighted by atomic mass is 10.4. The van der Waals surface area contributed by atoms with Crippen LogP contribution < -0.4 is 15.9 Å². The molecule has 0 N–H and O–H groups in total. The summed E-state index contributed by atoms with van der Waals surface area (Å²) in [5, 5.41) is 3.94. The fourth-order valence-electron chi connectivity index (χ4n) is 2.82. The van der Waals surface area contributed by atoms with Gasteiger partial charge < -0.3 is 0 Å². The summed E-state index contributed by atoms with van der Waals surface area (Å²) < 4.78 is 1.05. The van der Waals surface area contributed by atoms with Crippen molar-refractivity contribution in [3.63, 3.8) is 0 Å². The van der Waals surface area contributed by atoms with Crippen LogP contribution in [0.3, 0.4) is 0 Å². The highest BCUT2D eigenvalue weighted by molar-refractivity contribution is 9.13. The average molecular weight is 368 g/mol. The normalized spacial score (nSPS) is 11.1. The van der Waals surface area contributed by atoms with Crippen molar-refractivity contribution < 1.29 is 0 Å². The molecule has 0 aliphatic rings. The number of hydrogen-bond acceptors (Lipinski definition) is 0. The van der Waals surface area contributed by atoms with Gasteiger partial charge in [0.15, 0.2) is 7.26 Å². The van der Waals surface area contributed by atoms with Gasteiger partial charge in [-0.05, 0) is 58.9 Å². The quantitative estimate of drug-likeness (QED) is 0.578. The Kier molecular flexibility index (Phi) is 4.57. The summed E-state index contributed by atoms with van der Waals surface area (Å²) in [4.78, 5) is 0. The van der Waals surface area contributed by atoms with Gasteiger partial charge in [0, 0.05) is 0 Å². The highest BCUT2D eigenvalue weighted by Crippen LogP contribution is 2.63. The van der Waals surface area contributed by atoms with Crippen LogP contribution in [0.4, 0.5) is 0 Å².